The van der Waals surface area contributed by atoms with Gasteiger partial charge in [-0.3, -0.25) is 14.0 Å². The number of amides is 1. The number of nitriles is 1. The molecule has 2 atom stereocenters. The fourth-order valence-corrected chi connectivity index (χ4v) is 6.31. The second kappa shape index (κ2) is 9.17. The van der Waals surface area contributed by atoms with E-state index in [1.54, 1.807) is 32.3 Å². The van der Waals surface area contributed by atoms with E-state index < -0.39 is 6.04 Å². The van der Waals surface area contributed by atoms with Crippen LogP contribution in [0.5, 0.6) is 5.88 Å². The molecule has 1 fully saturated rings. The molecule has 0 spiro atoms. The first-order valence-corrected chi connectivity index (χ1v) is 13.9. The van der Waals surface area contributed by atoms with Gasteiger partial charge in [0.15, 0.2) is 0 Å². The SMILES string of the molecule is CC(C)(C)c1cc(C(=O)N2CC3CC2c2c(O)n(-c4cnc(C#N)c5ccccc45)c(=O)n23)n(Cc2ccccc2)n1. The molecule has 2 bridgehead atoms. The first kappa shape index (κ1) is 25.8. The standard InChI is InChI=1S/C32H29N7O3/c1-32(2,3)27-14-25(37(35-27)17-19-9-5-4-6-10-19)29(40)36-18-20-13-24(36)28-30(41)39(31(42)38(20)28)26-16-34-23(15-33)21-11-7-8-12-22(21)26/h4-12,14,16,20,24,41H,13,17-18H2,1-3H3. The predicted octanol–water partition coefficient (Wildman–Crippen LogP) is 4.45. The summed E-state index contributed by atoms with van der Waals surface area (Å²) in [4.78, 5) is 33.9. The molecule has 210 valence electrons. The zero-order valence-electron chi connectivity index (χ0n) is 23.5. The molecule has 5 heterocycles. The van der Waals surface area contributed by atoms with Crippen molar-refractivity contribution in [2.45, 2.75) is 51.2 Å². The summed E-state index contributed by atoms with van der Waals surface area (Å²) in [6, 6.07) is 20.3. The molecule has 5 aromatic rings. The van der Waals surface area contributed by atoms with E-state index >= 15 is 0 Å². The number of pyridine rings is 1. The van der Waals surface area contributed by atoms with Crippen LogP contribution >= 0.6 is 0 Å². The van der Waals surface area contributed by atoms with E-state index in [9.17, 15) is 20.0 Å². The van der Waals surface area contributed by atoms with Crippen molar-refractivity contribution >= 4 is 16.7 Å². The molecule has 2 aliphatic rings. The van der Waals surface area contributed by atoms with Gasteiger partial charge in [-0.25, -0.2) is 14.3 Å². The molecular formula is C32H29N7O3. The van der Waals surface area contributed by atoms with Crippen LogP contribution in [-0.2, 0) is 12.0 Å². The number of benzene rings is 2. The van der Waals surface area contributed by atoms with Gasteiger partial charge in [0.25, 0.3) is 5.91 Å². The van der Waals surface area contributed by atoms with Crippen molar-refractivity contribution in [1.29, 1.82) is 5.26 Å². The average Bonchev–Trinajstić information content (AvgIpc) is 3.75. The Hall–Kier alpha value is -5.17. The number of rotatable bonds is 4. The van der Waals surface area contributed by atoms with E-state index in [-0.39, 0.29) is 34.6 Å². The number of carbonyl (C=O) groups excluding carboxylic acids is 1. The maximum absolute atomic E-state index is 14.2. The molecule has 7 rings (SSSR count). The van der Waals surface area contributed by atoms with Crippen molar-refractivity contribution in [3.8, 4) is 17.6 Å². The maximum Gasteiger partial charge on any atom is 0.336 e. The second-order valence-electron chi connectivity index (χ2n) is 12.0. The Morgan fingerprint density at radius 2 is 1.81 bits per heavy atom. The van der Waals surface area contributed by atoms with Gasteiger partial charge in [-0.2, -0.15) is 10.4 Å². The van der Waals surface area contributed by atoms with E-state index in [2.05, 4.69) is 31.8 Å². The molecule has 42 heavy (non-hydrogen) atoms. The minimum Gasteiger partial charge on any atom is -0.493 e. The lowest BCUT2D eigenvalue weighted by atomic mass is 9.92. The molecular weight excluding hydrogens is 530 g/mol. The Kier molecular flexibility index (Phi) is 5.63. The number of imidazole rings is 1. The van der Waals surface area contributed by atoms with Crippen molar-refractivity contribution in [3.05, 3.63) is 106 Å². The van der Waals surface area contributed by atoms with E-state index in [0.29, 0.717) is 47.4 Å². The van der Waals surface area contributed by atoms with E-state index in [1.165, 1.54) is 10.8 Å². The highest BCUT2D eigenvalue weighted by Crippen LogP contribution is 2.49. The van der Waals surface area contributed by atoms with Gasteiger partial charge in [-0.1, -0.05) is 75.4 Å². The number of likely N-dealkylation sites (tertiary alicyclic amines) is 1. The molecule has 3 aromatic heterocycles. The molecule has 2 aliphatic heterocycles. The van der Waals surface area contributed by atoms with Crippen molar-refractivity contribution in [2.24, 2.45) is 0 Å². The molecule has 10 heteroatoms. The zero-order chi connectivity index (χ0) is 29.3. The van der Waals surface area contributed by atoms with Crippen LogP contribution in [0.4, 0.5) is 0 Å². The highest BCUT2D eigenvalue weighted by atomic mass is 16.3. The Bertz CT molecular complexity index is 1990. The topological polar surface area (TPSA) is 122 Å². The normalized spacial score (nSPS) is 17.5. The number of aromatic nitrogens is 5. The van der Waals surface area contributed by atoms with Crippen LogP contribution < -0.4 is 5.69 Å². The van der Waals surface area contributed by atoms with Crippen LogP contribution in [0.15, 0.2) is 71.7 Å². The van der Waals surface area contributed by atoms with Crippen LogP contribution in [0, 0.1) is 11.3 Å². The lowest BCUT2D eigenvalue weighted by Gasteiger charge is -2.27. The highest BCUT2D eigenvalue weighted by Gasteiger charge is 2.50. The largest absolute Gasteiger partial charge is 0.493 e. The lowest BCUT2D eigenvalue weighted by Crippen LogP contribution is -2.38. The van der Waals surface area contributed by atoms with Crippen LogP contribution in [0.2, 0.25) is 0 Å². The monoisotopic (exact) mass is 559 g/mol. The van der Waals surface area contributed by atoms with Gasteiger partial charge in [-0.15, -0.1) is 0 Å². The molecule has 1 N–H and O–H groups in total. The summed E-state index contributed by atoms with van der Waals surface area (Å²) in [7, 11) is 0. The molecule has 1 amide bonds. The van der Waals surface area contributed by atoms with Crippen molar-refractivity contribution in [2.75, 3.05) is 6.54 Å². The van der Waals surface area contributed by atoms with Crippen LogP contribution in [-0.4, -0.2) is 46.4 Å². The average molecular weight is 560 g/mol. The quantitative estimate of drug-likeness (QED) is 0.347. The fourth-order valence-electron chi connectivity index (χ4n) is 6.31. The second-order valence-corrected chi connectivity index (χ2v) is 12.0. The summed E-state index contributed by atoms with van der Waals surface area (Å²) in [6.45, 7) is 7.00. The molecule has 2 aromatic carbocycles. The maximum atomic E-state index is 14.2. The molecule has 0 radical (unpaired) electrons. The Balaban J connectivity index is 1.29. The third-order valence-electron chi connectivity index (χ3n) is 8.38. The summed E-state index contributed by atoms with van der Waals surface area (Å²) >= 11 is 0. The number of hydrogen-bond acceptors (Lipinski definition) is 6. The van der Waals surface area contributed by atoms with Crippen LogP contribution in [0.1, 0.15) is 72.4 Å². The molecule has 2 unspecified atom stereocenters. The third kappa shape index (κ3) is 3.77. The summed E-state index contributed by atoms with van der Waals surface area (Å²) in [6.07, 6.45) is 1.99. The summed E-state index contributed by atoms with van der Waals surface area (Å²) in [5.74, 6) is -0.396. The number of aromatic hydroxyl groups is 1. The Morgan fingerprint density at radius 3 is 2.52 bits per heavy atom. The number of carbonyl (C=O) groups is 1. The first-order valence-electron chi connectivity index (χ1n) is 13.9. The van der Waals surface area contributed by atoms with Crippen LogP contribution in [0.3, 0.4) is 0 Å². The Morgan fingerprint density at radius 1 is 1.10 bits per heavy atom. The number of nitrogens with zero attached hydrogens (tertiary/aromatic N) is 7. The van der Waals surface area contributed by atoms with Crippen molar-refractivity contribution in [1.82, 2.24) is 28.8 Å². The van der Waals surface area contributed by atoms with Crippen molar-refractivity contribution in [3.63, 3.8) is 0 Å². The zero-order valence-corrected chi connectivity index (χ0v) is 23.5. The summed E-state index contributed by atoms with van der Waals surface area (Å²) in [5, 5.41) is 27.1. The van der Waals surface area contributed by atoms with Crippen LogP contribution in [0.25, 0.3) is 16.5 Å². The van der Waals surface area contributed by atoms with Gasteiger partial charge in [0.2, 0.25) is 5.88 Å². The molecule has 0 saturated carbocycles. The van der Waals surface area contributed by atoms with Gasteiger partial charge in [-0.05, 0) is 18.1 Å². The van der Waals surface area contributed by atoms with Gasteiger partial charge in [0.1, 0.15) is 23.2 Å². The highest BCUT2D eigenvalue weighted by molar-refractivity contribution is 5.94. The molecule has 10 nitrogen and oxygen atoms in total. The first-order chi connectivity index (χ1) is 20.2. The molecule has 1 saturated heterocycles. The Labute approximate surface area is 241 Å². The molecule has 0 aliphatic carbocycles. The van der Waals surface area contributed by atoms with Gasteiger partial charge in [0, 0.05) is 22.7 Å². The van der Waals surface area contributed by atoms with Gasteiger partial charge < -0.3 is 10.0 Å². The number of fused-ring (bicyclic) bond motifs is 6. The smallest absolute Gasteiger partial charge is 0.336 e. The van der Waals surface area contributed by atoms with E-state index in [4.69, 9.17) is 5.10 Å². The van der Waals surface area contributed by atoms with Crippen molar-refractivity contribution < 1.29 is 9.90 Å². The minimum absolute atomic E-state index is 0.183. The van der Waals surface area contributed by atoms with Gasteiger partial charge >= 0.3 is 5.69 Å². The van der Waals surface area contributed by atoms with E-state index in [0.717, 1.165) is 11.3 Å². The predicted molar refractivity (Wildman–Crippen MR) is 156 cm³/mol. The number of hydrogen-bond donors (Lipinski definition) is 1. The fraction of sp³-hybridized carbons (Fsp3) is 0.281. The summed E-state index contributed by atoms with van der Waals surface area (Å²) in [5.41, 5.74) is 2.74. The minimum atomic E-state index is -0.466. The van der Waals surface area contributed by atoms with E-state index in [1.807, 2.05) is 42.5 Å². The summed E-state index contributed by atoms with van der Waals surface area (Å²) < 4.78 is 4.62. The third-order valence-corrected chi connectivity index (χ3v) is 8.38. The van der Waals surface area contributed by atoms with Gasteiger partial charge in [0.05, 0.1) is 36.2 Å². The lowest BCUT2D eigenvalue weighted by molar-refractivity contribution is 0.0699.